The van der Waals surface area contributed by atoms with E-state index in [9.17, 15) is 9.59 Å². The van der Waals surface area contributed by atoms with Gasteiger partial charge in [-0.3, -0.25) is 14.6 Å². The first-order valence-electron chi connectivity index (χ1n) is 9.70. The SMILES string of the molecule is O=C(Cc1csc(-c2cccnc2)n1)N1CCC(C(=O)N2CCOCC2)CC1. The molecule has 0 aliphatic carbocycles. The second kappa shape index (κ2) is 8.79. The van der Waals surface area contributed by atoms with Crippen molar-refractivity contribution in [2.24, 2.45) is 5.92 Å². The van der Waals surface area contributed by atoms with Crippen LogP contribution in [-0.2, 0) is 20.7 Å². The zero-order chi connectivity index (χ0) is 19.3. The number of hydrogen-bond donors (Lipinski definition) is 0. The molecule has 2 aliphatic rings. The van der Waals surface area contributed by atoms with E-state index < -0.39 is 0 Å². The first-order chi connectivity index (χ1) is 13.7. The first-order valence-corrected chi connectivity index (χ1v) is 10.6. The predicted molar refractivity (Wildman–Crippen MR) is 106 cm³/mol. The van der Waals surface area contributed by atoms with Crippen LogP contribution in [0.5, 0.6) is 0 Å². The highest BCUT2D eigenvalue weighted by molar-refractivity contribution is 7.13. The molecule has 4 rings (SSSR count). The molecule has 2 fully saturated rings. The molecule has 0 saturated carbocycles. The van der Waals surface area contributed by atoms with E-state index in [1.54, 1.807) is 12.4 Å². The Hall–Kier alpha value is -2.32. The molecule has 0 bridgehead atoms. The van der Waals surface area contributed by atoms with Crippen molar-refractivity contribution in [3.63, 3.8) is 0 Å². The predicted octanol–water partition coefficient (Wildman–Crippen LogP) is 1.84. The van der Waals surface area contributed by atoms with Crippen molar-refractivity contribution in [1.29, 1.82) is 0 Å². The van der Waals surface area contributed by atoms with Crippen LogP contribution in [0.1, 0.15) is 18.5 Å². The Labute approximate surface area is 168 Å². The molecule has 148 valence electrons. The number of piperidine rings is 1. The summed E-state index contributed by atoms with van der Waals surface area (Å²) in [6.45, 7) is 3.88. The molecule has 0 N–H and O–H groups in total. The Bertz CT molecular complexity index is 812. The lowest BCUT2D eigenvalue weighted by molar-refractivity contribution is -0.143. The van der Waals surface area contributed by atoms with Gasteiger partial charge in [0.15, 0.2) is 0 Å². The molecule has 2 aliphatic heterocycles. The Morgan fingerprint density at radius 2 is 1.93 bits per heavy atom. The van der Waals surface area contributed by atoms with Crippen molar-refractivity contribution in [3.05, 3.63) is 35.6 Å². The van der Waals surface area contributed by atoms with Gasteiger partial charge >= 0.3 is 0 Å². The summed E-state index contributed by atoms with van der Waals surface area (Å²) in [6, 6.07) is 3.84. The second-order valence-corrected chi connectivity index (χ2v) is 8.01. The van der Waals surface area contributed by atoms with Crippen molar-refractivity contribution in [2.75, 3.05) is 39.4 Å². The standard InChI is InChI=1S/C20H24N4O3S/c25-18(12-17-14-28-19(22-17)16-2-1-5-21-13-16)23-6-3-15(4-7-23)20(26)24-8-10-27-11-9-24/h1-2,5,13-15H,3-4,6-12H2. The summed E-state index contributed by atoms with van der Waals surface area (Å²) in [6.07, 6.45) is 5.29. The number of rotatable bonds is 4. The molecule has 2 amide bonds. The minimum Gasteiger partial charge on any atom is -0.378 e. The lowest BCUT2D eigenvalue weighted by atomic mass is 9.95. The Morgan fingerprint density at radius 1 is 1.14 bits per heavy atom. The van der Waals surface area contributed by atoms with Crippen molar-refractivity contribution in [3.8, 4) is 10.6 Å². The summed E-state index contributed by atoms with van der Waals surface area (Å²) in [5.74, 6) is 0.329. The van der Waals surface area contributed by atoms with Crippen molar-refractivity contribution in [2.45, 2.75) is 19.3 Å². The largest absolute Gasteiger partial charge is 0.378 e. The molecular weight excluding hydrogens is 376 g/mol. The lowest BCUT2D eigenvalue weighted by Crippen LogP contribution is -2.47. The van der Waals surface area contributed by atoms with E-state index in [1.807, 2.05) is 27.3 Å². The van der Waals surface area contributed by atoms with Crippen molar-refractivity contribution in [1.82, 2.24) is 19.8 Å². The van der Waals surface area contributed by atoms with Gasteiger partial charge in [-0.15, -0.1) is 11.3 Å². The Balaban J connectivity index is 1.28. The van der Waals surface area contributed by atoms with Gasteiger partial charge in [0.05, 0.1) is 25.3 Å². The smallest absolute Gasteiger partial charge is 0.228 e. The maximum atomic E-state index is 12.7. The summed E-state index contributed by atoms with van der Waals surface area (Å²) >= 11 is 1.53. The van der Waals surface area contributed by atoms with E-state index in [0.717, 1.165) is 29.1 Å². The van der Waals surface area contributed by atoms with Crippen molar-refractivity contribution < 1.29 is 14.3 Å². The number of aromatic nitrogens is 2. The summed E-state index contributed by atoms with van der Waals surface area (Å²) < 4.78 is 5.32. The van der Waals surface area contributed by atoms with Gasteiger partial charge in [0.25, 0.3) is 0 Å². The van der Waals surface area contributed by atoms with Gasteiger partial charge in [-0.1, -0.05) is 0 Å². The fourth-order valence-corrected chi connectivity index (χ4v) is 4.51. The van der Waals surface area contributed by atoms with Crippen LogP contribution < -0.4 is 0 Å². The summed E-state index contributed by atoms with van der Waals surface area (Å²) in [5, 5.41) is 2.82. The average Bonchev–Trinajstić information content (AvgIpc) is 3.23. The highest BCUT2D eigenvalue weighted by atomic mass is 32.1. The van der Waals surface area contributed by atoms with Gasteiger partial charge in [0, 0.05) is 55.4 Å². The highest BCUT2D eigenvalue weighted by Gasteiger charge is 2.31. The van der Waals surface area contributed by atoms with Gasteiger partial charge < -0.3 is 14.5 Å². The van der Waals surface area contributed by atoms with E-state index in [2.05, 4.69) is 9.97 Å². The van der Waals surface area contributed by atoms with Gasteiger partial charge in [0.2, 0.25) is 11.8 Å². The topological polar surface area (TPSA) is 75.6 Å². The van der Waals surface area contributed by atoms with Crippen LogP contribution >= 0.6 is 11.3 Å². The van der Waals surface area contributed by atoms with Crippen LogP contribution in [0.2, 0.25) is 0 Å². The van der Waals surface area contributed by atoms with Gasteiger partial charge in [0.1, 0.15) is 5.01 Å². The van der Waals surface area contributed by atoms with Crippen LogP contribution in [0.25, 0.3) is 10.6 Å². The summed E-state index contributed by atoms with van der Waals surface area (Å²) in [7, 11) is 0. The molecule has 2 saturated heterocycles. The molecule has 0 radical (unpaired) electrons. The van der Waals surface area contributed by atoms with E-state index in [-0.39, 0.29) is 17.7 Å². The lowest BCUT2D eigenvalue weighted by Gasteiger charge is -2.35. The van der Waals surface area contributed by atoms with Crippen LogP contribution in [0.15, 0.2) is 29.9 Å². The molecule has 0 spiro atoms. The van der Waals surface area contributed by atoms with Gasteiger partial charge in [-0.05, 0) is 25.0 Å². The van der Waals surface area contributed by atoms with Crippen LogP contribution in [0, 0.1) is 5.92 Å². The molecule has 4 heterocycles. The first kappa shape index (κ1) is 19.0. The monoisotopic (exact) mass is 400 g/mol. The molecule has 7 nitrogen and oxygen atoms in total. The number of nitrogens with zero attached hydrogens (tertiary/aromatic N) is 4. The van der Waals surface area contributed by atoms with Crippen LogP contribution in [0.4, 0.5) is 0 Å². The maximum absolute atomic E-state index is 12.7. The second-order valence-electron chi connectivity index (χ2n) is 7.16. The molecule has 0 unspecified atom stereocenters. The van der Waals surface area contributed by atoms with E-state index in [0.29, 0.717) is 45.8 Å². The molecule has 8 heteroatoms. The maximum Gasteiger partial charge on any atom is 0.228 e. The van der Waals surface area contributed by atoms with Gasteiger partial charge in [-0.2, -0.15) is 0 Å². The number of ether oxygens (including phenoxy) is 1. The van der Waals surface area contributed by atoms with E-state index in [4.69, 9.17) is 4.74 Å². The Morgan fingerprint density at radius 3 is 2.64 bits per heavy atom. The fraction of sp³-hybridized carbons (Fsp3) is 0.500. The summed E-state index contributed by atoms with van der Waals surface area (Å²) in [4.78, 5) is 37.7. The van der Waals surface area contributed by atoms with Crippen LogP contribution in [-0.4, -0.2) is 71.0 Å². The molecule has 0 aromatic carbocycles. The third-order valence-electron chi connectivity index (χ3n) is 5.31. The number of likely N-dealkylation sites (tertiary alicyclic amines) is 1. The molecule has 2 aromatic heterocycles. The molecule has 28 heavy (non-hydrogen) atoms. The van der Waals surface area contributed by atoms with Gasteiger partial charge in [-0.25, -0.2) is 4.98 Å². The highest BCUT2D eigenvalue weighted by Crippen LogP contribution is 2.24. The minimum absolute atomic E-state index is 0.0265. The number of hydrogen-bond acceptors (Lipinski definition) is 6. The molecular formula is C20H24N4O3S. The van der Waals surface area contributed by atoms with E-state index in [1.165, 1.54) is 11.3 Å². The average molecular weight is 401 g/mol. The zero-order valence-electron chi connectivity index (χ0n) is 15.7. The number of morpholine rings is 1. The summed E-state index contributed by atoms with van der Waals surface area (Å²) in [5.41, 5.74) is 1.76. The van der Waals surface area contributed by atoms with E-state index >= 15 is 0 Å². The van der Waals surface area contributed by atoms with Crippen molar-refractivity contribution >= 4 is 23.2 Å². The number of carbonyl (C=O) groups is 2. The molecule has 0 atom stereocenters. The quantitative estimate of drug-likeness (QED) is 0.783. The zero-order valence-corrected chi connectivity index (χ0v) is 16.6. The Kier molecular flexibility index (Phi) is 5.97. The fourth-order valence-electron chi connectivity index (χ4n) is 3.69. The van der Waals surface area contributed by atoms with Crippen LogP contribution in [0.3, 0.4) is 0 Å². The number of thiazole rings is 1. The minimum atomic E-state index is 0.0265. The number of carbonyl (C=O) groups excluding carboxylic acids is 2. The third kappa shape index (κ3) is 4.39. The number of pyridine rings is 1. The normalized spacial score (nSPS) is 18.3. The molecule has 2 aromatic rings. The third-order valence-corrected chi connectivity index (χ3v) is 6.25. The number of amides is 2.